The molecule has 0 bridgehead atoms. The van der Waals surface area contributed by atoms with Gasteiger partial charge in [0.1, 0.15) is 11.6 Å². The molecule has 2 N–H and O–H groups in total. The molecular formula is C27H47N3O5Si. The number of amides is 3. The van der Waals surface area contributed by atoms with Crippen LogP contribution in [0.3, 0.4) is 0 Å². The number of rotatable bonds is 13. The molecule has 204 valence electrons. The molecule has 1 saturated carbocycles. The van der Waals surface area contributed by atoms with E-state index in [0.29, 0.717) is 25.9 Å². The smallest absolute Gasteiger partial charge is 0.332 e. The molecule has 1 aliphatic heterocycles. The minimum Gasteiger partial charge on any atom is -0.464 e. The number of unbranched alkanes of at least 4 members (excludes halogenated alkanes) is 2. The normalized spacial score (nSPS) is 25.8. The van der Waals surface area contributed by atoms with Gasteiger partial charge in [0.25, 0.3) is 0 Å². The highest BCUT2D eigenvalue weighted by atomic mass is 28.4. The van der Waals surface area contributed by atoms with Gasteiger partial charge < -0.3 is 24.6 Å². The quantitative estimate of drug-likeness (QED) is 0.165. The fourth-order valence-electron chi connectivity index (χ4n) is 5.03. The van der Waals surface area contributed by atoms with Gasteiger partial charge in [0.15, 0.2) is 8.32 Å². The van der Waals surface area contributed by atoms with E-state index >= 15 is 0 Å². The number of hydrogen-bond donors (Lipinski definition) is 2. The molecule has 0 spiro atoms. The van der Waals surface area contributed by atoms with Crippen molar-refractivity contribution in [3.8, 4) is 0 Å². The lowest BCUT2D eigenvalue weighted by atomic mass is 9.93. The Morgan fingerprint density at radius 1 is 1.28 bits per heavy atom. The van der Waals surface area contributed by atoms with Crippen LogP contribution in [0.2, 0.25) is 18.1 Å². The summed E-state index contributed by atoms with van der Waals surface area (Å²) in [7, 11) is -0.679. The summed E-state index contributed by atoms with van der Waals surface area (Å²) in [5, 5.41) is 2.64. The maximum atomic E-state index is 13.6. The van der Waals surface area contributed by atoms with Gasteiger partial charge in [-0.1, -0.05) is 26.0 Å². The Balaban J connectivity index is 2.23. The lowest BCUT2D eigenvalue weighted by Gasteiger charge is -2.37. The Morgan fingerprint density at radius 2 is 1.94 bits per heavy atom. The largest absolute Gasteiger partial charge is 0.464 e. The molecule has 2 rings (SSSR count). The van der Waals surface area contributed by atoms with Crippen LogP contribution >= 0.6 is 0 Å². The molecule has 1 aliphatic carbocycles. The maximum absolute atomic E-state index is 13.6. The SMILES string of the molecule is C=CCCCCN(C)C(=O)[C@@H]1C[C@@H](CC(C)(C)[Si](C)(C)O)CN1C(=O)N[C@]1(C(=O)OCC)C[C@H]1C=C. The minimum atomic E-state index is -2.46. The van der Waals surface area contributed by atoms with Crippen LogP contribution in [0, 0.1) is 11.8 Å². The van der Waals surface area contributed by atoms with Crippen molar-refractivity contribution < 1.29 is 23.9 Å². The van der Waals surface area contributed by atoms with Gasteiger partial charge in [0.2, 0.25) is 5.91 Å². The van der Waals surface area contributed by atoms with Crippen LogP contribution in [0.4, 0.5) is 4.79 Å². The molecule has 0 aromatic carbocycles. The van der Waals surface area contributed by atoms with Crippen LogP contribution in [-0.2, 0) is 14.3 Å². The zero-order valence-electron chi connectivity index (χ0n) is 23.1. The first-order valence-electron chi connectivity index (χ1n) is 13.2. The molecule has 1 saturated heterocycles. The number of nitrogens with zero attached hydrogens (tertiary/aromatic N) is 2. The molecule has 4 atom stereocenters. The minimum absolute atomic E-state index is 0.0701. The van der Waals surface area contributed by atoms with E-state index in [0.717, 1.165) is 25.7 Å². The third-order valence-electron chi connectivity index (χ3n) is 8.19. The molecule has 2 aliphatic rings. The number of allylic oxidation sites excluding steroid dienone is 1. The average Bonchev–Trinajstić information content (AvgIpc) is 3.35. The number of likely N-dealkylation sites (tertiary alicyclic amines) is 1. The number of ether oxygens (including phenoxy) is 1. The summed E-state index contributed by atoms with van der Waals surface area (Å²) in [6.07, 6.45) is 7.95. The first kappa shape index (κ1) is 30.1. The van der Waals surface area contributed by atoms with Gasteiger partial charge in [0, 0.05) is 26.1 Å². The van der Waals surface area contributed by atoms with Crippen molar-refractivity contribution >= 4 is 26.2 Å². The second-order valence-corrected chi connectivity index (χ2v) is 16.1. The monoisotopic (exact) mass is 521 g/mol. The molecule has 0 aromatic rings. The summed E-state index contributed by atoms with van der Waals surface area (Å²) in [4.78, 5) is 53.9. The van der Waals surface area contributed by atoms with E-state index in [1.807, 2.05) is 19.2 Å². The highest BCUT2D eigenvalue weighted by Gasteiger charge is 2.62. The van der Waals surface area contributed by atoms with Gasteiger partial charge in [-0.15, -0.1) is 13.2 Å². The zero-order valence-corrected chi connectivity index (χ0v) is 24.1. The Labute approximate surface area is 218 Å². The van der Waals surface area contributed by atoms with Gasteiger partial charge in [-0.05, 0) is 69.5 Å². The topological polar surface area (TPSA) is 99.2 Å². The molecule has 0 aromatic heterocycles. The third-order valence-corrected chi connectivity index (χ3v) is 11.7. The van der Waals surface area contributed by atoms with Crippen LogP contribution < -0.4 is 5.32 Å². The van der Waals surface area contributed by atoms with E-state index in [4.69, 9.17) is 4.74 Å². The predicted octanol–water partition coefficient (Wildman–Crippen LogP) is 4.08. The van der Waals surface area contributed by atoms with Crippen molar-refractivity contribution in [3.63, 3.8) is 0 Å². The predicted molar refractivity (Wildman–Crippen MR) is 145 cm³/mol. The molecule has 2 fully saturated rings. The van der Waals surface area contributed by atoms with Crippen LogP contribution in [0.5, 0.6) is 0 Å². The van der Waals surface area contributed by atoms with Gasteiger partial charge in [-0.2, -0.15) is 0 Å². The molecule has 9 heteroatoms. The van der Waals surface area contributed by atoms with Crippen LogP contribution in [-0.4, -0.2) is 79.1 Å². The second kappa shape index (κ2) is 11.9. The number of likely N-dealkylation sites (N-methyl/N-ethyl adjacent to an activating group) is 1. The number of hydrogen-bond acceptors (Lipinski definition) is 5. The van der Waals surface area contributed by atoms with Crippen molar-refractivity contribution in [1.29, 1.82) is 0 Å². The van der Waals surface area contributed by atoms with Crippen molar-refractivity contribution in [2.45, 2.75) is 89.0 Å². The standard InChI is InChI=1S/C27H47N3O5Si/c1-9-12-13-14-15-29(6)23(31)22-16-20(17-26(4,5)36(7,8)34)19-30(22)25(33)28-27(18-21(27)10-2)24(32)35-11-3/h9-10,20-22,34H,1-2,11-19H2,3-8H3,(H,28,33)/t20-,21+,22-,27+/m0/s1. The number of carbonyl (C=O) groups excluding carboxylic acids is 3. The lowest BCUT2D eigenvalue weighted by Crippen LogP contribution is -2.55. The summed E-state index contributed by atoms with van der Waals surface area (Å²) in [6.45, 7) is 18.5. The summed E-state index contributed by atoms with van der Waals surface area (Å²) < 4.78 is 5.24. The first-order chi connectivity index (χ1) is 16.7. The molecule has 3 amide bonds. The molecule has 1 heterocycles. The maximum Gasteiger partial charge on any atom is 0.332 e. The molecule has 0 unspecified atom stereocenters. The van der Waals surface area contributed by atoms with Gasteiger partial charge in [-0.25, -0.2) is 9.59 Å². The first-order valence-corrected chi connectivity index (χ1v) is 16.2. The number of nitrogens with one attached hydrogen (secondary N) is 1. The Kier molecular flexibility index (Phi) is 9.98. The highest BCUT2D eigenvalue weighted by molar-refractivity contribution is 6.72. The second-order valence-electron chi connectivity index (χ2n) is 11.6. The van der Waals surface area contributed by atoms with Crippen molar-refractivity contribution in [2.24, 2.45) is 11.8 Å². The van der Waals surface area contributed by atoms with Crippen molar-refractivity contribution in [1.82, 2.24) is 15.1 Å². The highest BCUT2D eigenvalue weighted by Crippen LogP contribution is 2.47. The summed E-state index contributed by atoms with van der Waals surface area (Å²) >= 11 is 0. The van der Waals surface area contributed by atoms with E-state index in [9.17, 15) is 19.2 Å². The van der Waals surface area contributed by atoms with E-state index in [1.54, 1.807) is 29.8 Å². The van der Waals surface area contributed by atoms with Crippen molar-refractivity contribution in [2.75, 3.05) is 26.7 Å². The summed E-state index contributed by atoms with van der Waals surface area (Å²) in [5.74, 6) is -0.678. The fourth-order valence-corrected chi connectivity index (χ4v) is 5.82. The Morgan fingerprint density at radius 3 is 2.47 bits per heavy atom. The fraction of sp³-hybridized carbons (Fsp3) is 0.741. The van der Waals surface area contributed by atoms with Crippen LogP contribution in [0.25, 0.3) is 0 Å². The number of carbonyl (C=O) groups is 3. The lowest BCUT2D eigenvalue weighted by molar-refractivity contribution is -0.147. The number of urea groups is 1. The van der Waals surface area contributed by atoms with E-state index in [1.165, 1.54) is 0 Å². The number of esters is 1. The average molecular weight is 522 g/mol. The van der Waals surface area contributed by atoms with Crippen LogP contribution in [0.15, 0.2) is 25.3 Å². The molecular weight excluding hydrogens is 474 g/mol. The van der Waals surface area contributed by atoms with E-state index in [2.05, 4.69) is 32.3 Å². The van der Waals surface area contributed by atoms with E-state index < -0.39 is 31.9 Å². The third kappa shape index (κ3) is 6.79. The van der Waals surface area contributed by atoms with E-state index in [-0.39, 0.29) is 29.4 Å². The molecule has 8 nitrogen and oxygen atoms in total. The van der Waals surface area contributed by atoms with Crippen molar-refractivity contribution in [3.05, 3.63) is 25.3 Å². The van der Waals surface area contributed by atoms with Gasteiger partial charge in [0.05, 0.1) is 6.61 Å². The van der Waals surface area contributed by atoms with Gasteiger partial charge in [-0.3, -0.25) is 4.79 Å². The van der Waals surface area contributed by atoms with Crippen LogP contribution in [0.1, 0.15) is 59.3 Å². The summed E-state index contributed by atoms with van der Waals surface area (Å²) in [6, 6.07) is -1.04. The summed E-state index contributed by atoms with van der Waals surface area (Å²) in [5.41, 5.74) is -1.11. The Bertz CT molecular complexity index is 840. The molecule has 36 heavy (non-hydrogen) atoms. The van der Waals surface area contributed by atoms with Gasteiger partial charge >= 0.3 is 12.0 Å². The Hall–Kier alpha value is -2.13. The zero-order chi connectivity index (χ0) is 27.3. The molecule has 0 radical (unpaired) electrons.